The number of benzene rings is 2. The predicted molar refractivity (Wildman–Crippen MR) is 105 cm³/mol. The van der Waals surface area contributed by atoms with Gasteiger partial charge in [0.2, 0.25) is 0 Å². The molecular weight excluding hydrogens is 356 g/mol. The number of aromatic amines is 1. The number of amides is 4. The van der Waals surface area contributed by atoms with Crippen molar-refractivity contribution >= 4 is 28.7 Å². The second-order valence-electron chi connectivity index (χ2n) is 6.60. The number of nitrogens with zero attached hydrogens (tertiary/aromatic N) is 1. The van der Waals surface area contributed by atoms with Crippen LogP contribution < -0.4 is 10.6 Å². The molecule has 0 atom stereocenters. The molecule has 2 heterocycles. The minimum absolute atomic E-state index is 0.141. The maximum Gasteiger partial charge on any atom is 0.314 e. The zero-order valence-electron chi connectivity index (χ0n) is 15.2. The Kier molecular flexibility index (Phi) is 4.80. The lowest BCUT2D eigenvalue weighted by Gasteiger charge is -2.14. The molecule has 2 aromatic carbocycles. The van der Waals surface area contributed by atoms with Crippen molar-refractivity contribution in [3.8, 4) is 0 Å². The van der Waals surface area contributed by atoms with Gasteiger partial charge in [0.25, 0.3) is 11.8 Å². The first-order valence-electron chi connectivity index (χ1n) is 9.17. The van der Waals surface area contributed by atoms with E-state index in [0.29, 0.717) is 24.1 Å². The Labute approximate surface area is 161 Å². The Hall–Kier alpha value is -3.61. The number of fused-ring (bicyclic) bond motifs is 2. The molecule has 0 saturated heterocycles. The molecule has 7 heteroatoms. The molecule has 28 heavy (non-hydrogen) atoms. The molecule has 1 aliphatic rings. The SMILES string of the molecule is O=C(NCCc1c[nH]c2ccccc12)NCCN1C(=O)c2ccccc2C1=O. The highest BCUT2D eigenvalue weighted by Crippen LogP contribution is 2.21. The second-order valence-corrected chi connectivity index (χ2v) is 6.60. The van der Waals surface area contributed by atoms with E-state index >= 15 is 0 Å². The average Bonchev–Trinajstić information content (AvgIpc) is 3.23. The summed E-state index contributed by atoms with van der Waals surface area (Å²) < 4.78 is 0. The van der Waals surface area contributed by atoms with Crippen molar-refractivity contribution in [2.24, 2.45) is 0 Å². The number of rotatable bonds is 6. The van der Waals surface area contributed by atoms with Crippen LogP contribution in [-0.2, 0) is 6.42 Å². The molecule has 3 aromatic rings. The van der Waals surface area contributed by atoms with Gasteiger partial charge in [0.05, 0.1) is 11.1 Å². The molecule has 0 spiro atoms. The van der Waals surface area contributed by atoms with Gasteiger partial charge in [0, 0.05) is 36.7 Å². The fraction of sp³-hybridized carbons (Fsp3) is 0.190. The third kappa shape index (κ3) is 3.34. The summed E-state index contributed by atoms with van der Waals surface area (Å²) in [5.74, 6) is -0.635. The lowest BCUT2D eigenvalue weighted by atomic mass is 10.1. The van der Waals surface area contributed by atoms with Crippen LogP contribution in [0.2, 0.25) is 0 Å². The molecule has 1 aliphatic heterocycles. The van der Waals surface area contributed by atoms with E-state index in [-0.39, 0.29) is 30.9 Å². The van der Waals surface area contributed by atoms with Crippen molar-refractivity contribution in [2.75, 3.05) is 19.6 Å². The quantitative estimate of drug-likeness (QED) is 0.576. The van der Waals surface area contributed by atoms with Gasteiger partial charge in [-0.05, 0) is 30.2 Å². The summed E-state index contributed by atoms with van der Waals surface area (Å²) in [6, 6.07) is 14.4. The van der Waals surface area contributed by atoms with E-state index in [1.165, 1.54) is 0 Å². The van der Waals surface area contributed by atoms with Gasteiger partial charge < -0.3 is 15.6 Å². The number of imide groups is 1. The normalized spacial score (nSPS) is 13.1. The van der Waals surface area contributed by atoms with E-state index in [2.05, 4.69) is 15.6 Å². The molecule has 7 nitrogen and oxygen atoms in total. The van der Waals surface area contributed by atoms with E-state index in [1.807, 2.05) is 30.5 Å². The number of para-hydroxylation sites is 1. The molecule has 0 unspecified atom stereocenters. The number of H-pyrrole nitrogens is 1. The van der Waals surface area contributed by atoms with Crippen molar-refractivity contribution in [2.45, 2.75) is 6.42 Å². The Morgan fingerprint density at radius 2 is 1.54 bits per heavy atom. The Morgan fingerprint density at radius 3 is 2.29 bits per heavy atom. The highest BCUT2D eigenvalue weighted by Gasteiger charge is 2.34. The number of nitrogens with one attached hydrogen (secondary N) is 3. The summed E-state index contributed by atoms with van der Waals surface area (Å²) in [7, 11) is 0. The smallest absolute Gasteiger partial charge is 0.314 e. The number of hydrogen-bond acceptors (Lipinski definition) is 3. The molecule has 1 aromatic heterocycles. The van der Waals surface area contributed by atoms with Crippen LogP contribution in [0.25, 0.3) is 10.9 Å². The van der Waals surface area contributed by atoms with E-state index in [4.69, 9.17) is 0 Å². The lowest BCUT2D eigenvalue weighted by molar-refractivity contribution is 0.0656. The fourth-order valence-electron chi connectivity index (χ4n) is 3.44. The molecule has 142 valence electrons. The summed E-state index contributed by atoms with van der Waals surface area (Å²) in [5.41, 5.74) is 3.04. The standard InChI is InChI=1S/C21H20N4O3/c26-19-16-6-1-2-7-17(16)20(27)25(19)12-11-23-21(28)22-10-9-14-13-24-18-8-4-3-5-15(14)18/h1-8,13,24H,9-12H2,(H2,22,23,28). The monoisotopic (exact) mass is 376 g/mol. The molecular formula is C21H20N4O3. The first-order chi connectivity index (χ1) is 13.6. The van der Waals surface area contributed by atoms with Crippen molar-refractivity contribution in [1.82, 2.24) is 20.5 Å². The van der Waals surface area contributed by atoms with Crippen LogP contribution in [0.4, 0.5) is 4.79 Å². The van der Waals surface area contributed by atoms with Gasteiger partial charge in [0.1, 0.15) is 0 Å². The Bertz CT molecular complexity index is 1020. The van der Waals surface area contributed by atoms with Crippen LogP contribution in [0.1, 0.15) is 26.3 Å². The molecule has 0 saturated carbocycles. The maximum absolute atomic E-state index is 12.3. The summed E-state index contributed by atoms with van der Waals surface area (Å²) in [6.45, 7) is 0.827. The van der Waals surface area contributed by atoms with Crippen LogP contribution in [-0.4, -0.2) is 47.4 Å². The third-order valence-corrected chi connectivity index (χ3v) is 4.85. The summed E-state index contributed by atoms with van der Waals surface area (Å²) in [6.07, 6.45) is 2.66. The minimum atomic E-state index is -0.323. The predicted octanol–water partition coefficient (Wildman–Crippen LogP) is 2.31. The number of carbonyl (C=O) groups excluding carboxylic acids is 3. The number of carbonyl (C=O) groups is 3. The molecule has 4 rings (SSSR count). The van der Waals surface area contributed by atoms with Gasteiger partial charge in [-0.2, -0.15) is 0 Å². The van der Waals surface area contributed by atoms with Gasteiger partial charge in [-0.1, -0.05) is 30.3 Å². The lowest BCUT2D eigenvalue weighted by Crippen LogP contribution is -2.42. The van der Waals surface area contributed by atoms with Gasteiger partial charge in [-0.25, -0.2) is 4.79 Å². The zero-order valence-corrected chi connectivity index (χ0v) is 15.2. The fourth-order valence-corrected chi connectivity index (χ4v) is 3.44. The van der Waals surface area contributed by atoms with Crippen molar-refractivity contribution in [3.63, 3.8) is 0 Å². The van der Waals surface area contributed by atoms with Gasteiger partial charge in [-0.15, -0.1) is 0 Å². The van der Waals surface area contributed by atoms with E-state index in [0.717, 1.165) is 21.4 Å². The molecule has 0 fully saturated rings. The van der Waals surface area contributed by atoms with Crippen LogP contribution in [0, 0.1) is 0 Å². The van der Waals surface area contributed by atoms with Crippen LogP contribution in [0.3, 0.4) is 0 Å². The van der Waals surface area contributed by atoms with E-state index in [1.54, 1.807) is 24.3 Å². The summed E-state index contributed by atoms with van der Waals surface area (Å²) in [5, 5.41) is 6.64. The van der Waals surface area contributed by atoms with Crippen LogP contribution in [0.5, 0.6) is 0 Å². The first kappa shape index (κ1) is 17.8. The van der Waals surface area contributed by atoms with Crippen LogP contribution in [0.15, 0.2) is 54.7 Å². The van der Waals surface area contributed by atoms with Crippen molar-refractivity contribution < 1.29 is 14.4 Å². The van der Waals surface area contributed by atoms with Crippen LogP contribution >= 0.6 is 0 Å². The molecule has 0 aliphatic carbocycles. The molecule has 0 radical (unpaired) electrons. The highest BCUT2D eigenvalue weighted by atomic mass is 16.2. The number of hydrogen-bond donors (Lipinski definition) is 3. The van der Waals surface area contributed by atoms with Gasteiger partial charge in [0.15, 0.2) is 0 Å². The topological polar surface area (TPSA) is 94.3 Å². The highest BCUT2D eigenvalue weighted by molar-refractivity contribution is 6.21. The van der Waals surface area contributed by atoms with Crippen molar-refractivity contribution in [1.29, 1.82) is 0 Å². The average molecular weight is 376 g/mol. The maximum atomic E-state index is 12.3. The molecule has 3 N–H and O–H groups in total. The zero-order chi connectivity index (χ0) is 19.5. The first-order valence-corrected chi connectivity index (χ1v) is 9.17. The van der Waals surface area contributed by atoms with Gasteiger partial charge in [-0.3, -0.25) is 14.5 Å². The molecule has 0 bridgehead atoms. The third-order valence-electron chi connectivity index (χ3n) is 4.85. The van der Waals surface area contributed by atoms with Gasteiger partial charge >= 0.3 is 6.03 Å². The minimum Gasteiger partial charge on any atom is -0.361 e. The van der Waals surface area contributed by atoms with E-state index in [9.17, 15) is 14.4 Å². The number of urea groups is 1. The largest absolute Gasteiger partial charge is 0.361 e. The Balaban J connectivity index is 1.22. The summed E-state index contributed by atoms with van der Waals surface area (Å²) >= 11 is 0. The van der Waals surface area contributed by atoms with E-state index < -0.39 is 0 Å². The second kappa shape index (κ2) is 7.56. The summed E-state index contributed by atoms with van der Waals surface area (Å²) in [4.78, 5) is 40.9. The number of aromatic nitrogens is 1. The Morgan fingerprint density at radius 1 is 0.893 bits per heavy atom. The molecule has 4 amide bonds. The van der Waals surface area contributed by atoms with Crippen molar-refractivity contribution in [3.05, 3.63) is 71.4 Å².